The van der Waals surface area contributed by atoms with Crippen molar-refractivity contribution in [3.8, 4) is 0 Å². The van der Waals surface area contributed by atoms with E-state index in [-0.39, 0.29) is 12.1 Å². The Balaban J connectivity index is 1.93. The van der Waals surface area contributed by atoms with E-state index in [4.69, 9.17) is 5.73 Å². The standard InChI is InChI=1S/C10H18N4O2/c11-9(15)8-6-12-4-5-14(8)10(16)13-7-2-1-3-7/h7-8,12H,1-6H2,(H2,11,15)(H,13,16). The summed E-state index contributed by atoms with van der Waals surface area (Å²) in [4.78, 5) is 24.6. The Labute approximate surface area is 94.5 Å². The van der Waals surface area contributed by atoms with Crippen molar-refractivity contribution in [2.45, 2.75) is 31.3 Å². The quantitative estimate of drug-likeness (QED) is 0.565. The van der Waals surface area contributed by atoms with Gasteiger partial charge >= 0.3 is 6.03 Å². The van der Waals surface area contributed by atoms with Gasteiger partial charge in [0.05, 0.1) is 0 Å². The minimum absolute atomic E-state index is 0.157. The van der Waals surface area contributed by atoms with E-state index in [0.717, 1.165) is 12.8 Å². The Hall–Kier alpha value is -1.30. The third-order valence-corrected chi connectivity index (χ3v) is 3.27. The molecule has 2 fully saturated rings. The summed E-state index contributed by atoms with van der Waals surface area (Å²) in [5.41, 5.74) is 5.27. The first kappa shape index (κ1) is 11.2. The van der Waals surface area contributed by atoms with Crippen molar-refractivity contribution in [1.82, 2.24) is 15.5 Å². The predicted molar refractivity (Wildman–Crippen MR) is 58.7 cm³/mol. The highest BCUT2D eigenvalue weighted by atomic mass is 16.2. The van der Waals surface area contributed by atoms with Gasteiger partial charge in [0.15, 0.2) is 0 Å². The van der Waals surface area contributed by atoms with E-state index >= 15 is 0 Å². The van der Waals surface area contributed by atoms with Crippen molar-refractivity contribution in [1.29, 1.82) is 0 Å². The number of rotatable bonds is 2. The van der Waals surface area contributed by atoms with Gasteiger partial charge in [-0.3, -0.25) is 4.79 Å². The second-order valence-corrected chi connectivity index (χ2v) is 4.39. The average Bonchev–Trinajstić information content (AvgIpc) is 2.23. The van der Waals surface area contributed by atoms with Crippen molar-refractivity contribution in [3.63, 3.8) is 0 Å². The van der Waals surface area contributed by atoms with E-state index in [0.29, 0.717) is 19.6 Å². The molecule has 2 aliphatic rings. The third kappa shape index (κ3) is 2.27. The number of primary amides is 1. The molecule has 0 aromatic carbocycles. The molecule has 0 spiro atoms. The fourth-order valence-electron chi connectivity index (χ4n) is 2.01. The summed E-state index contributed by atoms with van der Waals surface area (Å²) >= 11 is 0. The molecule has 0 aromatic heterocycles. The fourth-order valence-corrected chi connectivity index (χ4v) is 2.01. The molecule has 1 saturated heterocycles. The number of piperazine rings is 1. The molecule has 90 valence electrons. The van der Waals surface area contributed by atoms with E-state index in [1.54, 1.807) is 0 Å². The van der Waals surface area contributed by atoms with Gasteiger partial charge in [-0.05, 0) is 19.3 Å². The summed E-state index contributed by atoms with van der Waals surface area (Å²) in [6.07, 6.45) is 3.25. The first-order valence-electron chi connectivity index (χ1n) is 5.75. The summed E-state index contributed by atoms with van der Waals surface area (Å²) in [5, 5.41) is 5.98. The lowest BCUT2D eigenvalue weighted by Gasteiger charge is -2.36. The van der Waals surface area contributed by atoms with Gasteiger partial charge in [0.1, 0.15) is 6.04 Å². The number of hydrogen-bond acceptors (Lipinski definition) is 3. The van der Waals surface area contributed by atoms with Crippen LogP contribution in [0.15, 0.2) is 0 Å². The minimum atomic E-state index is -0.520. The third-order valence-electron chi connectivity index (χ3n) is 3.27. The molecule has 1 atom stereocenters. The van der Waals surface area contributed by atoms with Crippen LogP contribution in [0.1, 0.15) is 19.3 Å². The Morgan fingerprint density at radius 2 is 2.12 bits per heavy atom. The van der Waals surface area contributed by atoms with Crippen molar-refractivity contribution in [2.24, 2.45) is 5.73 Å². The topological polar surface area (TPSA) is 87.5 Å². The number of carbonyl (C=O) groups is 2. The highest BCUT2D eigenvalue weighted by Crippen LogP contribution is 2.18. The monoisotopic (exact) mass is 226 g/mol. The lowest BCUT2D eigenvalue weighted by Crippen LogP contribution is -2.62. The van der Waals surface area contributed by atoms with Gasteiger partial charge in [0, 0.05) is 25.7 Å². The van der Waals surface area contributed by atoms with Crippen LogP contribution in [0.2, 0.25) is 0 Å². The second kappa shape index (κ2) is 4.69. The Morgan fingerprint density at radius 1 is 1.38 bits per heavy atom. The number of urea groups is 1. The van der Waals surface area contributed by atoms with Crippen LogP contribution < -0.4 is 16.4 Å². The van der Waals surface area contributed by atoms with Gasteiger partial charge in [-0.25, -0.2) is 4.79 Å². The first-order valence-corrected chi connectivity index (χ1v) is 5.75. The zero-order valence-corrected chi connectivity index (χ0v) is 9.24. The molecule has 0 radical (unpaired) electrons. The van der Waals surface area contributed by atoms with Crippen LogP contribution in [0, 0.1) is 0 Å². The molecular formula is C10H18N4O2. The number of nitrogens with one attached hydrogen (secondary N) is 2. The van der Waals surface area contributed by atoms with Gasteiger partial charge in [-0.1, -0.05) is 0 Å². The number of carbonyl (C=O) groups excluding carboxylic acids is 2. The van der Waals surface area contributed by atoms with Crippen molar-refractivity contribution in [3.05, 3.63) is 0 Å². The second-order valence-electron chi connectivity index (χ2n) is 4.39. The van der Waals surface area contributed by atoms with Crippen LogP contribution in [0.4, 0.5) is 4.79 Å². The molecule has 4 N–H and O–H groups in total. The van der Waals surface area contributed by atoms with Crippen LogP contribution in [0.25, 0.3) is 0 Å². The molecule has 1 aliphatic carbocycles. The maximum atomic E-state index is 11.9. The van der Waals surface area contributed by atoms with E-state index in [1.165, 1.54) is 11.3 Å². The Morgan fingerprint density at radius 3 is 2.69 bits per heavy atom. The number of nitrogens with two attached hydrogens (primary N) is 1. The maximum Gasteiger partial charge on any atom is 0.318 e. The van der Waals surface area contributed by atoms with Crippen LogP contribution >= 0.6 is 0 Å². The van der Waals surface area contributed by atoms with Crippen LogP contribution in [-0.2, 0) is 4.79 Å². The molecule has 6 nitrogen and oxygen atoms in total. The molecule has 0 bridgehead atoms. The van der Waals surface area contributed by atoms with Gasteiger partial charge in [-0.15, -0.1) is 0 Å². The molecule has 6 heteroatoms. The van der Waals surface area contributed by atoms with Gasteiger partial charge < -0.3 is 21.3 Å². The summed E-state index contributed by atoms with van der Waals surface area (Å²) in [5.74, 6) is -0.448. The van der Waals surface area contributed by atoms with E-state index in [9.17, 15) is 9.59 Å². The van der Waals surface area contributed by atoms with Crippen molar-refractivity contribution < 1.29 is 9.59 Å². The predicted octanol–water partition coefficient (Wildman–Crippen LogP) is -0.992. The van der Waals surface area contributed by atoms with Gasteiger partial charge in [0.2, 0.25) is 5.91 Å². The lowest BCUT2D eigenvalue weighted by molar-refractivity contribution is -0.122. The number of amides is 3. The highest BCUT2D eigenvalue weighted by Gasteiger charge is 2.32. The highest BCUT2D eigenvalue weighted by molar-refractivity contribution is 5.86. The molecule has 0 aromatic rings. The number of hydrogen-bond donors (Lipinski definition) is 3. The summed E-state index contributed by atoms with van der Waals surface area (Å²) < 4.78 is 0. The van der Waals surface area contributed by atoms with Crippen molar-refractivity contribution in [2.75, 3.05) is 19.6 Å². The maximum absolute atomic E-state index is 11.9. The molecule has 1 heterocycles. The van der Waals surface area contributed by atoms with E-state index < -0.39 is 11.9 Å². The summed E-state index contributed by atoms with van der Waals surface area (Å²) in [6.45, 7) is 1.70. The van der Waals surface area contributed by atoms with Crippen molar-refractivity contribution >= 4 is 11.9 Å². The zero-order chi connectivity index (χ0) is 11.5. The molecule has 2 rings (SSSR count). The number of nitrogens with zero attached hydrogens (tertiary/aromatic N) is 1. The molecule has 1 unspecified atom stereocenters. The molecular weight excluding hydrogens is 208 g/mol. The van der Waals surface area contributed by atoms with E-state index in [2.05, 4.69) is 10.6 Å². The Bertz CT molecular complexity index is 291. The summed E-state index contributed by atoms with van der Waals surface area (Å²) in [7, 11) is 0. The SMILES string of the molecule is NC(=O)C1CNCCN1C(=O)NC1CCC1. The van der Waals surface area contributed by atoms with Crippen LogP contribution in [-0.4, -0.2) is 48.6 Å². The lowest BCUT2D eigenvalue weighted by atomic mass is 9.93. The molecule has 1 aliphatic heterocycles. The molecule has 3 amide bonds. The van der Waals surface area contributed by atoms with Gasteiger partial charge in [0.25, 0.3) is 0 Å². The average molecular weight is 226 g/mol. The summed E-state index contributed by atoms with van der Waals surface area (Å²) in [6, 6.07) is -0.389. The smallest absolute Gasteiger partial charge is 0.318 e. The first-order chi connectivity index (χ1) is 7.68. The van der Waals surface area contributed by atoms with Crippen LogP contribution in [0.3, 0.4) is 0 Å². The normalized spacial score (nSPS) is 26.0. The minimum Gasteiger partial charge on any atom is -0.368 e. The Kier molecular flexibility index (Phi) is 3.28. The molecule has 1 saturated carbocycles. The fraction of sp³-hybridized carbons (Fsp3) is 0.800. The van der Waals surface area contributed by atoms with Crippen LogP contribution in [0.5, 0.6) is 0 Å². The molecule has 16 heavy (non-hydrogen) atoms. The van der Waals surface area contributed by atoms with E-state index in [1.807, 2.05) is 0 Å². The largest absolute Gasteiger partial charge is 0.368 e. The van der Waals surface area contributed by atoms with Gasteiger partial charge in [-0.2, -0.15) is 0 Å². The zero-order valence-electron chi connectivity index (χ0n) is 9.24.